The van der Waals surface area contributed by atoms with Gasteiger partial charge in [-0.1, -0.05) is 23.7 Å². The van der Waals surface area contributed by atoms with E-state index in [1.165, 1.54) is 0 Å². The number of carbonyl (C=O) groups is 1. The summed E-state index contributed by atoms with van der Waals surface area (Å²) in [5, 5.41) is 5.38. The molecule has 174 valence electrons. The summed E-state index contributed by atoms with van der Waals surface area (Å²) in [5.41, 5.74) is 2.39. The Morgan fingerprint density at radius 3 is 2.58 bits per heavy atom. The predicted molar refractivity (Wildman–Crippen MR) is 126 cm³/mol. The zero-order valence-corrected chi connectivity index (χ0v) is 19.8. The van der Waals surface area contributed by atoms with Crippen LogP contribution >= 0.6 is 11.6 Å². The maximum absolute atomic E-state index is 12.5. The van der Waals surface area contributed by atoms with Gasteiger partial charge in [-0.3, -0.25) is 4.79 Å². The molecule has 4 rings (SSSR count). The van der Waals surface area contributed by atoms with E-state index in [-0.39, 0.29) is 12.0 Å². The van der Waals surface area contributed by atoms with Gasteiger partial charge in [0, 0.05) is 25.1 Å². The first-order valence-corrected chi connectivity index (χ1v) is 11.4. The molecular formula is C25H28ClN3O4. The highest BCUT2D eigenvalue weighted by Crippen LogP contribution is 2.36. The molecule has 1 aliphatic rings. The smallest absolute Gasteiger partial charge is 0.228 e. The minimum atomic E-state index is -0.0209. The Balaban J connectivity index is 1.74. The van der Waals surface area contributed by atoms with E-state index in [0.717, 1.165) is 36.4 Å². The van der Waals surface area contributed by atoms with Crippen LogP contribution < -0.4 is 9.47 Å². The van der Waals surface area contributed by atoms with Crippen molar-refractivity contribution in [2.24, 2.45) is 0 Å². The zero-order chi connectivity index (χ0) is 23.4. The van der Waals surface area contributed by atoms with E-state index < -0.39 is 0 Å². The van der Waals surface area contributed by atoms with E-state index in [9.17, 15) is 4.79 Å². The molecule has 7 nitrogen and oxygen atoms in total. The van der Waals surface area contributed by atoms with Crippen LogP contribution in [0.3, 0.4) is 0 Å². The summed E-state index contributed by atoms with van der Waals surface area (Å²) in [6.07, 6.45) is 2.03. The van der Waals surface area contributed by atoms with Gasteiger partial charge in [0.2, 0.25) is 11.8 Å². The summed E-state index contributed by atoms with van der Waals surface area (Å²) in [7, 11) is 1.60. The topological polar surface area (TPSA) is 65.8 Å². The summed E-state index contributed by atoms with van der Waals surface area (Å²) >= 11 is 6.10. The molecule has 1 saturated heterocycles. The van der Waals surface area contributed by atoms with Gasteiger partial charge in [-0.15, -0.1) is 0 Å². The third kappa shape index (κ3) is 5.31. The quantitative estimate of drug-likeness (QED) is 0.455. The monoisotopic (exact) mass is 469 g/mol. The van der Waals surface area contributed by atoms with E-state index in [2.05, 4.69) is 0 Å². The highest BCUT2D eigenvalue weighted by molar-refractivity contribution is 6.30. The molecule has 0 saturated carbocycles. The van der Waals surface area contributed by atoms with Crippen LogP contribution in [0.2, 0.25) is 5.02 Å². The van der Waals surface area contributed by atoms with Crippen molar-refractivity contribution in [1.82, 2.24) is 14.7 Å². The lowest BCUT2D eigenvalue weighted by Gasteiger charge is -2.24. The zero-order valence-electron chi connectivity index (χ0n) is 19.1. The molecule has 1 aliphatic heterocycles. The van der Waals surface area contributed by atoms with E-state index in [0.29, 0.717) is 35.5 Å². The fourth-order valence-corrected chi connectivity index (χ4v) is 4.05. The first-order valence-electron chi connectivity index (χ1n) is 11.0. The average molecular weight is 470 g/mol. The SMILES string of the molecule is COc1ccccc1Oc1c(CN(C[C@H]2CCCO2)C(C)=O)c(C)nn1-c1ccc(Cl)cc1. The molecule has 0 spiro atoms. The van der Waals surface area contributed by atoms with Crippen LogP contribution in [0.1, 0.15) is 31.0 Å². The summed E-state index contributed by atoms with van der Waals surface area (Å²) in [4.78, 5) is 14.3. The summed E-state index contributed by atoms with van der Waals surface area (Å²) in [6.45, 7) is 5.13. The number of para-hydroxylation sites is 2. The van der Waals surface area contributed by atoms with Gasteiger partial charge in [0.25, 0.3) is 0 Å². The molecule has 0 unspecified atom stereocenters. The molecule has 33 heavy (non-hydrogen) atoms. The molecule has 1 atom stereocenters. The van der Waals surface area contributed by atoms with Crippen LogP contribution in [-0.2, 0) is 16.1 Å². The lowest BCUT2D eigenvalue weighted by Crippen LogP contribution is -2.35. The predicted octanol–water partition coefficient (Wildman–Crippen LogP) is 5.16. The van der Waals surface area contributed by atoms with Gasteiger partial charge >= 0.3 is 0 Å². The number of ether oxygens (including phenoxy) is 3. The van der Waals surface area contributed by atoms with E-state index in [1.54, 1.807) is 35.7 Å². The molecule has 2 heterocycles. The first kappa shape index (κ1) is 23.1. The number of amides is 1. The van der Waals surface area contributed by atoms with Crippen molar-refractivity contribution in [2.45, 2.75) is 39.3 Å². The maximum atomic E-state index is 12.5. The molecule has 0 bridgehead atoms. The average Bonchev–Trinajstić information content (AvgIpc) is 3.43. The third-order valence-corrected chi connectivity index (χ3v) is 5.98. The molecule has 3 aromatic rings. The van der Waals surface area contributed by atoms with Gasteiger partial charge in [0.15, 0.2) is 11.5 Å². The Bertz CT molecular complexity index is 1110. The second-order valence-electron chi connectivity index (χ2n) is 8.04. The maximum Gasteiger partial charge on any atom is 0.228 e. The van der Waals surface area contributed by atoms with Crippen molar-refractivity contribution < 1.29 is 19.0 Å². The second kappa shape index (κ2) is 10.3. The van der Waals surface area contributed by atoms with Crippen molar-refractivity contribution >= 4 is 17.5 Å². The Kier molecular flexibility index (Phi) is 7.20. The molecule has 0 radical (unpaired) electrons. The van der Waals surface area contributed by atoms with Crippen molar-refractivity contribution in [3.05, 3.63) is 64.8 Å². The van der Waals surface area contributed by atoms with Crippen LogP contribution in [0.5, 0.6) is 17.4 Å². The fraction of sp³-hybridized carbons (Fsp3) is 0.360. The number of methoxy groups -OCH3 is 1. The molecular weight excluding hydrogens is 442 g/mol. The van der Waals surface area contributed by atoms with Gasteiger partial charge in [0.05, 0.1) is 36.7 Å². The fourth-order valence-electron chi connectivity index (χ4n) is 3.92. The Hall–Kier alpha value is -3.03. The molecule has 0 N–H and O–H groups in total. The minimum absolute atomic E-state index is 0.0209. The number of benzene rings is 2. The number of nitrogens with zero attached hydrogens (tertiary/aromatic N) is 3. The Morgan fingerprint density at radius 1 is 1.21 bits per heavy atom. The largest absolute Gasteiger partial charge is 0.493 e. The molecule has 1 amide bonds. The second-order valence-corrected chi connectivity index (χ2v) is 8.48. The lowest BCUT2D eigenvalue weighted by atomic mass is 10.2. The number of halogens is 1. The van der Waals surface area contributed by atoms with Gasteiger partial charge in [-0.05, 0) is 56.2 Å². The number of hydrogen-bond acceptors (Lipinski definition) is 5. The van der Waals surface area contributed by atoms with Crippen LogP contribution in [-0.4, -0.2) is 47.0 Å². The van der Waals surface area contributed by atoms with Crippen molar-refractivity contribution in [2.75, 3.05) is 20.3 Å². The normalized spacial score (nSPS) is 15.5. The lowest BCUT2D eigenvalue weighted by molar-refractivity contribution is -0.131. The molecule has 0 aliphatic carbocycles. The van der Waals surface area contributed by atoms with Crippen LogP contribution in [0, 0.1) is 6.92 Å². The van der Waals surface area contributed by atoms with Gasteiger partial charge in [0.1, 0.15) is 0 Å². The van der Waals surface area contributed by atoms with Crippen molar-refractivity contribution in [3.8, 4) is 23.1 Å². The molecule has 1 aromatic heterocycles. The number of aryl methyl sites for hydroxylation is 1. The van der Waals surface area contributed by atoms with Crippen LogP contribution in [0.25, 0.3) is 5.69 Å². The standard InChI is InChI=1S/C25H28ClN3O4/c1-17-22(16-28(18(2)30)15-21-7-6-14-32-21)25(33-24-9-5-4-8-23(24)31-3)29(27-17)20-12-10-19(26)11-13-20/h4-5,8-13,21H,6-7,14-16H2,1-3H3/t21-/m1/s1. The summed E-state index contributed by atoms with van der Waals surface area (Å²) in [5.74, 6) is 1.67. The Labute approximate surface area is 198 Å². The van der Waals surface area contributed by atoms with Crippen molar-refractivity contribution in [1.29, 1.82) is 0 Å². The molecule has 8 heteroatoms. The van der Waals surface area contributed by atoms with Gasteiger partial charge in [-0.25, -0.2) is 4.68 Å². The van der Waals surface area contributed by atoms with E-state index in [1.807, 2.05) is 43.3 Å². The minimum Gasteiger partial charge on any atom is -0.493 e. The first-order chi connectivity index (χ1) is 16.0. The molecule has 1 fully saturated rings. The van der Waals surface area contributed by atoms with Crippen molar-refractivity contribution in [3.63, 3.8) is 0 Å². The summed E-state index contributed by atoms with van der Waals surface area (Å²) in [6, 6.07) is 14.8. The van der Waals surface area contributed by atoms with Crippen LogP contribution in [0.4, 0.5) is 0 Å². The number of aromatic nitrogens is 2. The van der Waals surface area contributed by atoms with Gasteiger partial charge in [-0.2, -0.15) is 5.10 Å². The highest BCUT2D eigenvalue weighted by Gasteiger charge is 2.26. The highest BCUT2D eigenvalue weighted by atomic mass is 35.5. The van der Waals surface area contributed by atoms with Crippen LogP contribution in [0.15, 0.2) is 48.5 Å². The Morgan fingerprint density at radius 2 is 1.94 bits per heavy atom. The number of hydrogen-bond donors (Lipinski definition) is 0. The number of rotatable bonds is 8. The van der Waals surface area contributed by atoms with E-state index in [4.69, 9.17) is 30.9 Å². The van der Waals surface area contributed by atoms with E-state index >= 15 is 0 Å². The van der Waals surface area contributed by atoms with Gasteiger partial charge < -0.3 is 19.1 Å². The number of carbonyl (C=O) groups excluding carboxylic acids is 1. The molecule has 2 aromatic carbocycles. The summed E-state index contributed by atoms with van der Waals surface area (Å²) < 4.78 is 19.4. The third-order valence-electron chi connectivity index (χ3n) is 5.73.